The van der Waals surface area contributed by atoms with E-state index < -0.39 is 5.82 Å². The van der Waals surface area contributed by atoms with E-state index in [9.17, 15) is 4.39 Å². The van der Waals surface area contributed by atoms with Crippen molar-refractivity contribution in [2.24, 2.45) is 5.10 Å². The largest absolute Gasteiger partial charge is 0.491 e. The van der Waals surface area contributed by atoms with Gasteiger partial charge in [-0.3, -0.25) is 5.41 Å². The second-order valence-corrected chi connectivity index (χ2v) is 2.66. The Balaban J connectivity index is 2.99. The van der Waals surface area contributed by atoms with E-state index in [0.717, 1.165) is 11.3 Å². The molecule has 0 bridgehead atoms. The Hall–Kier alpha value is -1.91. The summed E-state index contributed by atoms with van der Waals surface area (Å²) in [6.07, 6.45) is 0.947. The Morgan fingerprint density at radius 2 is 2.40 bits per heavy atom. The van der Waals surface area contributed by atoms with Crippen molar-refractivity contribution in [3.63, 3.8) is 0 Å². The van der Waals surface area contributed by atoms with Gasteiger partial charge in [0.1, 0.15) is 6.34 Å². The first-order valence-electron chi connectivity index (χ1n) is 4.41. The summed E-state index contributed by atoms with van der Waals surface area (Å²) in [7, 11) is 0. The van der Waals surface area contributed by atoms with E-state index in [0.29, 0.717) is 12.3 Å². The number of nitrogens with zero attached hydrogens (tertiary/aromatic N) is 2. The average molecular weight is 209 g/mol. The van der Waals surface area contributed by atoms with Gasteiger partial charge >= 0.3 is 0 Å². The van der Waals surface area contributed by atoms with E-state index in [4.69, 9.17) is 10.1 Å². The minimum atomic E-state index is -0.482. The third kappa shape index (κ3) is 2.52. The molecule has 0 atom stereocenters. The Kier molecular flexibility index (Phi) is 3.79. The van der Waals surface area contributed by atoms with Crippen LogP contribution in [0, 0.1) is 11.2 Å². The fourth-order valence-corrected chi connectivity index (χ4v) is 1.10. The molecule has 1 aromatic carbocycles. The summed E-state index contributed by atoms with van der Waals surface area (Å²) in [6.45, 7) is 5.45. The summed E-state index contributed by atoms with van der Waals surface area (Å²) < 4.78 is 18.4. The van der Waals surface area contributed by atoms with Gasteiger partial charge in [0.05, 0.1) is 12.3 Å². The van der Waals surface area contributed by atoms with Crippen molar-refractivity contribution < 1.29 is 9.13 Å². The van der Waals surface area contributed by atoms with Crippen LogP contribution in [0.4, 0.5) is 10.1 Å². The fraction of sp³-hybridized carbons (Fsp3) is 0.200. The maximum Gasteiger partial charge on any atom is 0.167 e. The van der Waals surface area contributed by atoms with Gasteiger partial charge in [-0.1, -0.05) is 0 Å². The van der Waals surface area contributed by atoms with Crippen LogP contribution in [0.1, 0.15) is 6.92 Å². The van der Waals surface area contributed by atoms with Crippen LogP contribution in [0.15, 0.2) is 23.3 Å². The molecule has 0 fully saturated rings. The van der Waals surface area contributed by atoms with Crippen LogP contribution < -0.4 is 9.75 Å². The molecule has 5 heteroatoms. The quantitative estimate of drug-likeness (QED) is 0.459. The number of ether oxygens (including phenoxy) is 1. The Morgan fingerprint density at radius 3 is 2.87 bits per heavy atom. The third-order valence-electron chi connectivity index (χ3n) is 1.75. The predicted molar refractivity (Wildman–Crippen MR) is 58.4 cm³/mol. The first-order valence-corrected chi connectivity index (χ1v) is 4.41. The van der Waals surface area contributed by atoms with Gasteiger partial charge in [0.15, 0.2) is 11.6 Å². The zero-order chi connectivity index (χ0) is 11.3. The molecular weight excluding hydrogens is 197 g/mol. The second-order valence-electron chi connectivity index (χ2n) is 2.66. The molecule has 0 saturated heterocycles. The van der Waals surface area contributed by atoms with E-state index in [1.807, 2.05) is 0 Å². The topological polar surface area (TPSA) is 48.7 Å². The zero-order valence-electron chi connectivity index (χ0n) is 8.40. The molecule has 0 aliphatic carbocycles. The maximum atomic E-state index is 13.4. The molecule has 0 spiro atoms. The van der Waals surface area contributed by atoms with Crippen LogP contribution in [0.3, 0.4) is 0 Å². The van der Waals surface area contributed by atoms with Gasteiger partial charge < -0.3 is 4.74 Å². The lowest BCUT2D eigenvalue weighted by Gasteiger charge is -2.12. The van der Waals surface area contributed by atoms with E-state index in [2.05, 4.69) is 11.8 Å². The normalized spacial score (nSPS) is 9.47. The van der Waals surface area contributed by atoms with Crippen LogP contribution in [-0.2, 0) is 0 Å². The van der Waals surface area contributed by atoms with Gasteiger partial charge in [0.25, 0.3) is 0 Å². The van der Waals surface area contributed by atoms with Crippen molar-refractivity contribution in [3.8, 4) is 5.75 Å². The number of hydrazone groups is 1. The van der Waals surface area contributed by atoms with Crippen LogP contribution in [0.5, 0.6) is 5.75 Å². The summed E-state index contributed by atoms with van der Waals surface area (Å²) in [5, 5.41) is 11.7. The van der Waals surface area contributed by atoms with Crippen molar-refractivity contribution in [1.82, 2.24) is 0 Å². The Morgan fingerprint density at radius 1 is 1.67 bits per heavy atom. The Bertz CT molecular complexity index is 360. The van der Waals surface area contributed by atoms with E-state index in [1.165, 1.54) is 12.1 Å². The van der Waals surface area contributed by atoms with E-state index in [-0.39, 0.29) is 5.75 Å². The summed E-state index contributed by atoms with van der Waals surface area (Å²) in [6, 6.07) is 4.34. The molecule has 0 saturated carbocycles. The van der Waals surface area contributed by atoms with Crippen LogP contribution in [0.25, 0.3) is 0 Å². The predicted octanol–water partition coefficient (Wildman–Crippen LogP) is 2.25. The molecule has 4 nitrogen and oxygen atoms in total. The molecule has 0 unspecified atom stereocenters. The average Bonchev–Trinajstić information content (AvgIpc) is 2.24. The minimum absolute atomic E-state index is 0.190. The summed E-state index contributed by atoms with van der Waals surface area (Å²) in [5.74, 6) is -0.292. The molecule has 0 aromatic heterocycles. The highest BCUT2D eigenvalue weighted by Gasteiger charge is 2.07. The molecule has 0 radical (unpaired) electrons. The molecule has 0 amide bonds. The standard InChI is InChI=1S/C10H12FN3O/c1-3-15-10-5-4-8(6-9(10)11)14(7-12)13-2/h4-7,12H,2-3H2,1H3. The number of rotatable bonds is 5. The molecular formula is C10H12FN3O. The van der Waals surface area contributed by atoms with Crippen LogP contribution in [0.2, 0.25) is 0 Å². The maximum absolute atomic E-state index is 13.4. The summed E-state index contributed by atoms with van der Waals surface area (Å²) in [5.41, 5.74) is 0.431. The van der Waals surface area contributed by atoms with Gasteiger partial charge in [0, 0.05) is 12.8 Å². The van der Waals surface area contributed by atoms with Gasteiger partial charge in [0.2, 0.25) is 0 Å². The molecule has 0 aliphatic heterocycles. The molecule has 0 heterocycles. The number of nitrogens with one attached hydrogen (secondary N) is 1. The smallest absolute Gasteiger partial charge is 0.167 e. The minimum Gasteiger partial charge on any atom is -0.491 e. The fourth-order valence-electron chi connectivity index (χ4n) is 1.10. The summed E-state index contributed by atoms with van der Waals surface area (Å²) >= 11 is 0. The van der Waals surface area contributed by atoms with Crippen LogP contribution in [-0.4, -0.2) is 19.7 Å². The molecule has 80 valence electrons. The molecule has 1 rings (SSSR count). The first-order chi connectivity index (χ1) is 7.22. The lowest BCUT2D eigenvalue weighted by molar-refractivity contribution is 0.321. The number of anilines is 1. The van der Waals surface area contributed by atoms with Crippen molar-refractivity contribution in [2.75, 3.05) is 11.6 Å². The van der Waals surface area contributed by atoms with Crippen molar-refractivity contribution in [3.05, 3.63) is 24.0 Å². The zero-order valence-corrected chi connectivity index (χ0v) is 8.40. The highest BCUT2D eigenvalue weighted by molar-refractivity contribution is 5.77. The number of hydrogen-bond donors (Lipinski definition) is 1. The highest BCUT2D eigenvalue weighted by atomic mass is 19.1. The van der Waals surface area contributed by atoms with Crippen molar-refractivity contribution in [1.29, 1.82) is 5.41 Å². The van der Waals surface area contributed by atoms with Gasteiger partial charge in [-0.25, -0.2) is 9.40 Å². The summed E-state index contributed by atoms with van der Waals surface area (Å²) in [4.78, 5) is 0. The highest BCUT2D eigenvalue weighted by Crippen LogP contribution is 2.23. The molecule has 1 aromatic rings. The van der Waals surface area contributed by atoms with Crippen molar-refractivity contribution >= 4 is 18.7 Å². The Labute approximate surface area is 87.5 Å². The monoisotopic (exact) mass is 209 g/mol. The van der Waals surface area contributed by atoms with Gasteiger partial charge in [-0.05, 0) is 19.1 Å². The van der Waals surface area contributed by atoms with Gasteiger partial charge in [-0.2, -0.15) is 5.10 Å². The van der Waals surface area contributed by atoms with Crippen LogP contribution >= 0.6 is 0 Å². The van der Waals surface area contributed by atoms with E-state index in [1.54, 1.807) is 13.0 Å². The number of halogens is 1. The molecule has 15 heavy (non-hydrogen) atoms. The second kappa shape index (κ2) is 5.09. The van der Waals surface area contributed by atoms with E-state index >= 15 is 0 Å². The molecule has 1 N–H and O–H groups in total. The first kappa shape index (κ1) is 11.2. The number of hydrogen-bond acceptors (Lipinski definition) is 3. The van der Waals surface area contributed by atoms with Crippen molar-refractivity contribution in [2.45, 2.75) is 6.92 Å². The van der Waals surface area contributed by atoms with Gasteiger partial charge in [-0.15, -0.1) is 0 Å². The molecule has 0 aliphatic rings. The number of benzene rings is 1. The SMILES string of the molecule is C=NN(C=N)c1ccc(OCC)c(F)c1. The lowest BCUT2D eigenvalue weighted by Crippen LogP contribution is -2.12. The lowest BCUT2D eigenvalue weighted by atomic mass is 10.3. The third-order valence-corrected chi connectivity index (χ3v) is 1.75.